The zero-order valence-corrected chi connectivity index (χ0v) is 18.4. The summed E-state index contributed by atoms with van der Waals surface area (Å²) in [6.45, 7) is 2.80. The van der Waals surface area contributed by atoms with Crippen LogP contribution >= 0.6 is 11.8 Å². The third kappa shape index (κ3) is 5.06. The highest BCUT2D eigenvalue weighted by Gasteiger charge is 2.14. The number of methoxy groups -OCH3 is 1. The van der Waals surface area contributed by atoms with Gasteiger partial charge in [-0.25, -0.2) is 0 Å². The molecular weight excluding hydrogens is 408 g/mol. The Morgan fingerprint density at radius 1 is 1.03 bits per heavy atom. The topological polar surface area (TPSA) is 69.0 Å². The number of ether oxygens (including phenoxy) is 1. The molecule has 0 spiro atoms. The second kappa shape index (κ2) is 9.66. The van der Waals surface area contributed by atoms with Gasteiger partial charge in [0.25, 0.3) is 0 Å². The first-order valence-corrected chi connectivity index (χ1v) is 11.1. The fraction of sp³-hybridized carbons (Fsp3) is 0.208. The van der Waals surface area contributed by atoms with Crippen LogP contribution in [0.15, 0.2) is 71.9 Å². The average molecular weight is 433 g/mol. The van der Waals surface area contributed by atoms with Crippen molar-refractivity contribution < 1.29 is 9.53 Å². The monoisotopic (exact) mass is 432 g/mol. The number of hydrogen-bond donors (Lipinski definition) is 1. The van der Waals surface area contributed by atoms with Gasteiger partial charge in [0.1, 0.15) is 11.6 Å². The minimum atomic E-state index is -0.0670. The molecule has 3 aromatic carbocycles. The predicted molar refractivity (Wildman–Crippen MR) is 125 cm³/mol. The lowest BCUT2D eigenvalue weighted by Gasteiger charge is -2.09. The molecule has 0 aliphatic carbocycles. The fourth-order valence-corrected chi connectivity index (χ4v) is 4.22. The van der Waals surface area contributed by atoms with Crippen LogP contribution < -0.4 is 10.1 Å². The van der Waals surface area contributed by atoms with Crippen molar-refractivity contribution in [3.63, 3.8) is 0 Å². The van der Waals surface area contributed by atoms with Crippen LogP contribution in [-0.4, -0.2) is 33.5 Å². The van der Waals surface area contributed by atoms with Gasteiger partial charge >= 0.3 is 0 Å². The van der Waals surface area contributed by atoms with Crippen molar-refractivity contribution in [2.75, 3.05) is 18.2 Å². The Labute approximate surface area is 185 Å². The lowest BCUT2D eigenvalue weighted by Crippen LogP contribution is -2.14. The van der Waals surface area contributed by atoms with Crippen LogP contribution in [0, 0.1) is 0 Å². The number of hydrogen-bond acceptors (Lipinski definition) is 5. The number of anilines is 1. The van der Waals surface area contributed by atoms with Crippen molar-refractivity contribution in [2.45, 2.75) is 25.0 Å². The molecule has 0 unspecified atom stereocenters. The Hall–Kier alpha value is -3.32. The molecule has 1 aromatic heterocycles. The van der Waals surface area contributed by atoms with E-state index in [1.807, 2.05) is 60.7 Å². The molecule has 0 radical (unpaired) electrons. The van der Waals surface area contributed by atoms with Crippen LogP contribution in [0.5, 0.6) is 5.75 Å². The molecule has 0 saturated heterocycles. The normalized spacial score (nSPS) is 10.9. The summed E-state index contributed by atoms with van der Waals surface area (Å²) in [7, 11) is 1.66. The van der Waals surface area contributed by atoms with Gasteiger partial charge in [0.2, 0.25) is 5.91 Å². The van der Waals surface area contributed by atoms with Crippen LogP contribution in [0.25, 0.3) is 10.8 Å². The van der Waals surface area contributed by atoms with E-state index in [0.29, 0.717) is 6.42 Å². The molecule has 4 rings (SSSR count). The molecule has 1 amide bonds. The third-order valence-corrected chi connectivity index (χ3v) is 5.96. The summed E-state index contributed by atoms with van der Waals surface area (Å²) in [5.41, 5.74) is 1.93. The van der Waals surface area contributed by atoms with Crippen LogP contribution in [0.2, 0.25) is 0 Å². The van der Waals surface area contributed by atoms with Crippen LogP contribution in [0.4, 0.5) is 5.69 Å². The lowest BCUT2D eigenvalue weighted by molar-refractivity contribution is -0.113. The number of thioether (sulfide) groups is 1. The van der Waals surface area contributed by atoms with Gasteiger partial charge in [0.05, 0.1) is 12.9 Å². The summed E-state index contributed by atoms with van der Waals surface area (Å²) in [4.78, 5) is 12.5. The van der Waals surface area contributed by atoms with Gasteiger partial charge in [-0.3, -0.25) is 4.79 Å². The van der Waals surface area contributed by atoms with Crippen molar-refractivity contribution >= 4 is 34.1 Å². The molecule has 0 aliphatic heterocycles. The van der Waals surface area contributed by atoms with E-state index in [-0.39, 0.29) is 11.7 Å². The number of amides is 1. The maximum Gasteiger partial charge on any atom is 0.234 e. The van der Waals surface area contributed by atoms with Gasteiger partial charge in [-0.1, -0.05) is 54.2 Å². The van der Waals surface area contributed by atoms with Crippen LogP contribution in [-0.2, 0) is 17.8 Å². The first-order valence-electron chi connectivity index (χ1n) is 10.1. The molecule has 0 aliphatic rings. The zero-order valence-electron chi connectivity index (χ0n) is 17.5. The highest BCUT2D eigenvalue weighted by molar-refractivity contribution is 7.99. The number of nitrogens with one attached hydrogen (secondary N) is 1. The van der Waals surface area contributed by atoms with E-state index in [2.05, 4.69) is 33.1 Å². The molecule has 0 saturated carbocycles. The minimum absolute atomic E-state index is 0.0670. The molecule has 1 N–H and O–H groups in total. The van der Waals surface area contributed by atoms with E-state index in [1.165, 1.54) is 11.8 Å². The highest BCUT2D eigenvalue weighted by atomic mass is 32.2. The van der Waals surface area contributed by atoms with Gasteiger partial charge in [-0.05, 0) is 47.5 Å². The molecular formula is C24H24N4O2S. The number of rotatable bonds is 8. The van der Waals surface area contributed by atoms with E-state index in [4.69, 9.17) is 4.74 Å². The highest BCUT2D eigenvalue weighted by Crippen LogP contribution is 2.22. The molecule has 7 heteroatoms. The van der Waals surface area contributed by atoms with Crippen molar-refractivity contribution in [3.05, 3.63) is 78.1 Å². The molecule has 0 fully saturated rings. The largest absolute Gasteiger partial charge is 0.497 e. The number of nitrogens with zero attached hydrogens (tertiary/aromatic N) is 3. The molecule has 0 atom stereocenters. The van der Waals surface area contributed by atoms with Gasteiger partial charge in [-0.15, -0.1) is 10.2 Å². The van der Waals surface area contributed by atoms with Crippen molar-refractivity contribution in [1.29, 1.82) is 0 Å². The van der Waals surface area contributed by atoms with Gasteiger partial charge in [0.15, 0.2) is 5.16 Å². The van der Waals surface area contributed by atoms with Crippen molar-refractivity contribution in [3.8, 4) is 5.75 Å². The van der Waals surface area contributed by atoms with Gasteiger partial charge in [0, 0.05) is 18.7 Å². The average Bonchev–Trinajstić information content (AvgIpc) is 3.19. The first kappa shape index (κ1) is 20.9. The second-order valence-corrected chi connectivity index (χ2v) is 8.01. The predicted octanol–water partition coefficient (Wildman–Crippen LogP) is 4.78. The number of carbonyl (C=O) groups excluding carboxylic acids is 1. The summed E-state index contributed by atoms with van der Waals surface area (Å²) < 4.78 is 7.27. The summed E-state index contributed by atoms with van der Waals surface area (Å²) in [6, 6.07) is 21.9. The Morgan fingerprint density at radius 2 is 1.81 bits per heavy atom. The van der Waals surface area contributed by atoms with E-state index in [1.54, 1.807) is 7.11 Å². The standard InChI is InChI=1S/C24H24N4O2S/c1-3-28-22(14-17-8-12-21(30-2)13-9-17)26-27-24(28)31-16-23(29)25-20-11-10-18-6-4-5-7-19(18)15-20/h4-13,15H,3,14,16H2,1-2H3,(H,25,29). The third-order valence-electron chi connectivity index (χ3n) is 5.00. The number of benzene rings is 3. The van der Waals surface area contributed by atoms with Crippen molar-refractivity contribution in [2.24, 2.45) is 0 Å². The summed E-state index contributed by atoms with van der Waals surface area (Å²) in [6.07, 6.45) is 0.675. The van der Waals surface area contributed by atoms with E-state index in [0.717, 1.165) is 45.3 Å². The number of aromatic nitrogens is 3. The Kier molecular flexibility index (Phi) is 6.52. The molecule has 158 valence electrons. The smallest absolute Gasteiger partial charge is 0.234 e. The van der Waals surface area contributed by atoms with E-state index >= 15 is 0 Å². The second-order valence-electron chi connectivity index (χ2n) is 7.07. The summed E-state index contributed by atoms with van der Waals surface area (Å²) in [5, 5.41) is 14.6. The van der Waals surface area contributed by atoms with Crippen LogP contribution in [0.1, 0.15) is 18.3 Å². The van der Waals surface area contributed by atoms with Gasteiger partial charge < -0.3 is 14.6 Å². The molecule has 4 aromatic rings. The molecule has 31 heavy (non-hydrogen) atoms. The van der Waals surface area contributed by atoms with Crippen LogP contribution in [0.3, 0.4) is 0 Å². The summed E-state index contributed by atoms with van der Waals surface area (Å²) in [5.74, 6) is 1.91. The number of carbonyl (C=O) groups is 1. The first-order chi connectivity index (χ1) is 15.2. The SMILES string of the molecule is CCn1c(Cc2ccc(OC)cc2)nnc1SCC(=O)Nc1ccc2ccccc2c1. The quantitative estimate of drug-likeness (QED) is 0.406. The van der Waals surface area contributed by atoms with Gasteiger partial charge in [-0.2, -0.15) is 0 Å². The Bertz CT molecular complexity index is 1190. The Balaban J connectivity index is 1.38. The lowest BCUT2D eigenvalue weighted by atomic mass is 10.1. The molecule has 1 heterocycles. The molecule has 6 nitrogen and oxygen atoms in total. The Morgan fingerprint density at radius 3 is 2.55 bits per heavy atom. The van der Waals surface area contributed by atoms with E-state index in [9.17, 15) is 4.79 Å². The zero-order chi connectivity index (χ0) is 21.6. The number of fused-ring (bicyclic) bond motifs is 1. The maximum absolute atomic E-state index is 12.5. The fourth-order valence-electron chi connectivity index (χ4n) is 3.39. The van der Waals surface area contributed by atoms with E-state index < -0.39 is 0 Å². The van der Waals surface area contributed by atoms with Crippen molar-refractivity contribution in [1.82, 2.24) is 14.8 Å². The molecule has 0 bridgehead atoms. The minimum Gasteiger partial charge on any atom is -0.497 e. The summed E-state index contributed by atoms with van der Waals surface area (Å²) >= 11 is 1.40. The maximum atomic E-state index is 12.5.